The Bertz CT molecular complexity index is 1140. The Balaban J connectivity index is 1.29. The molecule has 0 aliphatic carbocycles. The third-order valence-corrected chi connectivity index (χ3v) is 4.97. The first-order valence-corrected chi connectivity index (χ1v) is 10.0. The number of nitrogens with one attached hydrogen (secondary N) is 2. The number of rotatable bonds is 6. The molecular weight excluding hydrogens is 400 g/mol. The van der Waals surface area contributed by atoms with Gasteiger partial charge in [-0.3, -0.25) is 14.8 Å². The standard InChI is InChI=1S/C23H18N2O4S/c26-22(21-13-17-9-4-5-12-20(17)29-21)24-23(27)25-30-19-11-6-10-18(14-19)28-15-16-7-2-1-3-8-16/h1-14H,15H2,(H2,24,25,26,27). The number of carbonyl (C=O) groups excluding carboxylic acids is 2. The van der Waals surface area contributed by atoms with Crippen molar-refractivity contribution in [1.29, 1.82) is 0 Å². The summed E-state index contributed by atoms with van der Waals surface area (Å²) in [5.41, 5.74) is 1.65. The minimum atomic E-state index is -0.638. The number of amides is 3. The summed E-state index contributed by atoms with van der Waals surface area (Å²) < 4.78 is 13.8. The van der Waals surface area contributed by atoms with Gasteiger partial charge in [-0.2, -0.15) is 0 Å². The van der Waals surface area contributed by atoms with Crippen LogP contribution >= 0.6 is 11.9 Å². The zero-order valence-corrected chi connectivity index (χ0v) is 16.6. The number of carbonyl (C=O) groups is 2. The van der Waals surface area contributed by atoms with E-state index < -0.39 is 11.9 Å². The highest BCUT2D eigenvalue weighted by Gasteiger charge is 2.15. The van der Waals surface area contributed by atoms with Gasteiger partial charge in [-0.05, 0) is 47.8 Å². The maximum Gasteiger partial charge on any atom is 0.332 e. The molecule has 0 saturated heterocycles. The number of urea groups is 1. The molecule has 0 spiro atoms. The lowest BCUT2D eigenvalue weighted by atomic mass is 10.2. The van der Waals surface area contributed by atoms with Gasteiger partial charge in [0, 0.05) is 10.3 Å². The SMILES string of the molecule is O=C(NSc1cccc(OCc2ccccc2)c1)NC(=O)c1cc2ccccc2o1. The molecule has 2 N–H and O–H groups in total. The minimum absolute atomic E-state index is 0.0765. The van der Waals surface area contributed by atoms with Crippen molar-refractivity contribution in [3.05, 3.63) is 96.3 Å². The first-order chi connectivity index (χ1) is 14.7. The van der Waals surface area contributed by atoms with Crippen LogP contribution in [0.3, 0.4) is 0 Å². The van der Waals surface area contributed by atoms with E-state index in [9.17, 15) is 9.59 Å². The Morgan fingerprint density at radius 3 is 2.53 bits per heavy atom. The summed E-state index contributed by atoms with van der Waals surface area (Å²) in [6.07, 6.45) is 0. The molecule has 6 nitrogen and oxygen atoms in total. The smallest absolute Gasteiger partial charge is 0.332 e. The summed E-state index contributed by atoms with van der Waals surface area (Å²) in [6.45, 7) is 0.453. The van der Waals surface area contributed by atoms with Crippen molar-refractivity contribution in [1.82, 2.24) is 10.0 Å². The van der Waals surface area contributed by atoms with Crippen molar-refractivity contribution in [2.45, 2.75) is 11.5 Å². The van der Waals surface area contributed by atoms with E-state index in [2.05, 4.69) is 10.0 Å². The molecular formula is C23H18N2O4S. The molecule has 7 heteroatoms. The van der Waals surface area contributed by atoms with Crippen molar-refractivity contribution in [2.75, 3.05) is 0 Å². The molecule has 0 saturated carbocycles. The Labute approximate surface area is 177 Å². The largest absolute Gasteiger partial charge is 0.489 e. The van der Waals surface area contributed by atoms with Crippen LogP contribution in [0.1, 0.15) is 16.1 Å². The predicted molar refractivity (Wildman–Crippen MR) is 115 cm³/mol. The molecule has 3 amide bonds. The summed E-state index contributed by atoms with van der Waals surface area (Å²) in [6, 6.07) is 25.4. The van der Waals surface area contributed by atoms with Crippen LogP contribution in [-0.4, -0.2) is 11.9 Å². The number of benzene rings is 3. The van der Waals surface area contributed by atoms with Crippen molar-refractivity contribution < 1.29 is 18.7 Å². The van der Waals surface area contributed by atoms with Gasteiger partial charge in [0.2, 0.25) is 0 Å². The second-order valence-corrected chi connectivity index (χ2v) is 7.26. The van der Waals surface area contributed by atoms with Gasteiger partial charge in [0.1, 0.15) is 17.9 Å². The molecule has 0 aliphatic rings. The Morgan fingerprint density at radius 1 is 0.900 bits per heavy atom. The van der Waals surface area contributed by atoms with Crippen LogP contribution in [0.2, 0.25) is 0 Å². The van der Waals surface area contributed by atoms with Crippen LogP contribution in [0.5, 0.6) is 5.75 Å². The molecule has 0 atom stereocenters. The van der Waals surface area contributed by atoms with Crippen LogP contribution in [0.25, 0.3) is 11.0 Å². The molecule has 1 heterocycles. The third kappa shape index (κ3) is 5.01. The Hall–Kier alpha value is -3.71. The highest BCUT2D eigenvalue weighted by molar-refractivity contribution is 7.98. The Morgan fingerprint density at radius 2 is 1.70 bits per heavy atom. The van der Waals surface area contributed by atoms with Gasteiger partial charge in [0.25, 0.3) is 5.91 Å². The number of imide groups is 1. The number of fused-ring (bicyclic) bond motifs is 1. The van der Waals surface area contributed by atoms with Crippen molar-refractivity contribution in [3.63, 3.8) is 0 Å². The van der Waals surface area contributed by atoms with E-state index in [-0.39, 0.29) is 5.76 Å². The molecule has 0 aliphatic heterocycles. The summed E-state index contributed by atoms with van der Waals surface area (Å²) >= 11 is 1.08. The van der Waals surface area contributed by atoms with E-state index in [1.165, 1.54) is 0 Å². The number of hydrogen-bond donors (Lipinski definition) is 2. The first kappa shape index (κ1) is 19.6. The lowest BCUT2D eigenvalue weighted by Crippen LogP contribution is -2.36. The van der Waals surface area contributed by atoms with Gasteiger partial charge in [-0.1, -0.05) is 54.6 Å². The van der Waals surface area contributed by atoms with E-state index in [1.807, 2.05) is 72.8 Å². The summed E-state index contributed by atoms with van der Waals surface area (Å²) in [5.74, 6) is 0.154. The van der Waals surface area contributed by atoms with Crippen LogP contribution in [-0.2, 0) is 6.61 Å². The highest BCUT2D eigenvalue weighted by atomic mass is 32.2. The summed E-state index contributed by atoms with van der Waals surface area (Å²) in [5, 5.41) is 3.05. The van der Waals surface area contributed by atoms with Gasteiger partial charge in [-0.15, -0.1) is 0 Å². The van der Waals surface area contributed by atoms with E-state index in [0.717, 1.165) is 27.8 Å². The van der Waals surface area contributed by atoms with Crippen LogP contribution in [0.15, 0.2) is 94.2 Å². The number of ether oxygens (including phenoxy) is 1. The highest BCUT2D eigenvalue weighted by Crippen LogP contribution is 2.22. The zero-order valence-electron chi connectivity index (χ0n) is 15.8. The van der Waals surface area contributed by atoms with E-state index >= 15 is 0 Å². The molecule has 1 aromatic heterocycles. The molecule has 3 aromatic carbocycles. The number of hydrogen-bond acceptors (Lipinski definition) is 5. The average Bonchev–Trinajstić information content (AvgIpc) is 3.22. The van der Waals surface area contributed by atoms with Crippen LogP contribution in [0.4, 0.5) is 4.79 Å². The molecule has 0 unspecified atom stereocenters. The number of para-hydroxylation sites is 1. The topological polar surface area (TPSA) is 80.6 Å². The maximum atomic E-state index is 12.2. The van der Waals surface area contributed by atoms with E-state index in [4.69, 9.17) is 9.15 Å². The van der Waals surface area contributed by atoms with E-state index in [0.29, 0.717) is 17.9 Å². The summed E-state index contributed by atoms with van der Waals surface area (Å²) in [4.78, 5) is 25.1. The second kappa shape index (κ2) is 9.19. The van der Waals surface area contributed by atoms with Crippen molar-refractivity contribution >= 4 is 34.9 Å². The van der Waals surface area contributed by atoms with Gasteiger partial charge in [0.05, 0.1) is 0 Å². The summed E-state index contributed by atoms with van der Waals surface area (Å²) in [7, 11) is 0. The fraction of sp³-hybridized carbons (Fsp3) is 0.0435. The third-order valence-electron chi connectivity index (χ3n) is 4.19. The molecule has 0 fully saturated rings. The van der Waals surface area contributed by atoms with Gasteiger partial charge in [-0.25, -0.2) is 4.79 Å². The first-order valence-electron chi connectivity index (χ1n) is 9.21. The van der Waals surface area contributed by atoms with Crippen LogP contribution < -0.4 is 14.8 Å². The lowest BCUT2D eigenvalue weighted by Gasteiger charge is -2.08. The van der Waals surface area contributed by atoms with Gasteiger partial charge >= 0.3 is 6.03 Å². The molecule has 150 valence electrons. The predicted octanol–water partition coefficient (Wildman–Crippen LogP) is 5.16. The maximum absolute atomic E-state index is 12.2. The normalized spacial score (nSPS) is 10.5. The van der Waals surface area contributed by atoms with Crippen LogP contribution in [0, 0.1) is 0 Å². The average molecular weight is 418 g/mol. The monoisotopic (exact) mass is 418 g/mol. The molecule has 4 aromatic rings. The second-order valence-electron chi connectivity index (χ2n) is 6.38. The Kier molecular flexibility index (Phi) is 6.01. The zero-order chi connectivity index (χ0) is 20.8. The van der Waals surface area contributed by atoms with Gasteiger partial charge in [0.15, 0.2) is 5.76 Å². The van der Waals surface area contributed by atoms with Crippen molar-refractivity contribution in [3.8, 4) is 5.75 Å². The minimum Gasteiger partial charge on any atom is -0.489 e. The lowest BCUT2D eigenvalue weighted by molar-refractivity contribution is 0.0940. The van der Waals surface area contributed by atoms with Crippen molar-refractivity contribution in [2.24, 2.45) is 0 Å². The van der Waals surface area contributed by atoms with E-state index in [1.54, 1.807) is 12.1 Å². The molecule has 4 rings (SSSR count). The quantitative estimate of drug-likeness (QED) is 0.423. The fourth-order valence-electron chi connectivity index (χ4n) is 2.76. The molecule has 0 bridgehead atoms. The number of furan rings is 1. The molecule has 0 radical (unpaired) electrons. The fourth-order valence-corrected chi connectivity index (χ4v) is 3.34. The molecule has 30 heavy (non-hydrogen) atoms. The van der Waals surface area contributed by atoms with Gasteiger partial charge < -0.3 is 9.15 Å².